The Balaban J connectivity index is 2.19. The summed E-state index contributed by atoms with van der Waals surface area (Å²) in [6.07, 6.45) is 21.4. The Morgan fingerprint density at radius 3 is 1.33 bits per heavy atom. The fourth-order valence-corrected chi connectivity index (χ4v) is 9.41. The van der Waals surface area contributed by atoms with E-state index in [1.807, 2.05) is 0 Å². The van der Waals surface area contributed by atoms with Crippen molar-refractivity contribution in [3.63, 3.8) is 0 Å². The van der Waals surface area contributed by atoms with Gasteiger partial charge in [-0.3, -0.25) is 0 Å². The minimum absolute atomic E-state index is 0.511. The van der Waals surface area contributed by atoms with E-state index in [-0.39, 0.29) is 0 Å². The zero-order chi connectivity index (χ0) is 10.8. The van der Waals surface area contributed by atoms with Crippen molar-refractivity contribution >= 4 is 41.0 Å². The summed E-state index contributed by atoms with van der Waals surface area (Å²) in [7, 11) is 0. The van der Waals surface area contributed by atoms with E-state index < -0.39 is 41.0 Å². The molecule has 0 aromatic carbocycles. The molecule has 0 heterocycles. The second-order valence-electron chi connectivity index (χ2n) is 4.79. The van der Waals surface area contributed by atoms with Gasteiger partial charge in [-0.1, -0.05) is 0 Å². The molecule has 76 valence electrons. The summed E-state index contributed by atoms with van der Waals surface area (Å²) in [5, 5.41) is 0. The molecule has 0 aliphatic heterocycles. The average Bonchev–Trinajstić information content (AvgIpc) is 2.89. The summed E-state index contributed by atoms with van der Waals surface area (Å²) >= 11 is -0.920. The first-order valence-electron chi connectivity index (χ1n) is 5.98. The number of allylic oxidation sites excluding steroid dienone is 8. The molecule has 0 amide bonds. The van der Waals surface area contributed by atoms with Crippen LogP contribution in [0.3, 0.4) is 0 Å². The third kappa shape index (κ3) is 2.41. The van der Waals surface area contributed by atoms with E-state index in [1.165, 1.54) is 12.8 Å². The Labute approximate surface area is 116 Å². The molecule has 0 aromatic rings. The summed E-state index contributed by atoms with van der Waals surface area (Å²) in [5.74, 6) is 0. The molecule has 2 rings (SSSR count). The molecule has 1 heteroatoms. The van der Waals surface area contributed by atoms with Crippen LogP contribution in [0.4, 0.5) is 0 Å². The maximum absolute atomic E-state index is 2.46. The van der Waals surface area contributed by atoms with E-state index in [0.717, 1.165) is 0 Å². The van der Waals surface area contributed by atoms with Crippen molar-refractivity contribution in [2.75, 3.05) is 0 Å². The Morgan fingerprint density at radius 2 is 1.07 bits per heavy atom. The van der Waals surface area contributed by atoms with Crippen molar-refractivity contribution in [2.45, 2.75) is 27.5 Å². The third-order valence-corrected chi connectivity index (χ3v) is 11.9. The van der Waals surface area contributed by atoms with Gasteiger partial charge in [-0.15, -0.1) is 0 Å². The Morgan fingerprint density at radius 1 is 0.733 bits per heavy atom. The van der Waals surface area contributed by atoms with Crippen molar-refractivity contribution in [1.29, 1.82) is 0 Å². The molecular weight excluding hydrogens is 256 g/mol. The number of hydrogen-bond acceptors (Lipinski definition) is 0. The molecule has 0 N–H and O–H groups in total. The predicted molar refractivity (Wildman–Crippen MR) is 68.3 cm³/mol. The Kier molecular flexibility index (Phi) is 3.77. The standard InChI is InChI=1S/2C7H9.Sr/c2*1-2-7-5-3-4-6-7;/h2*3-6H,2H2,1H3;. The van der Waals surface area contributed by atoms with Gasteiger partial charge < -0.3 is 0 Å². The average molecular weight is 274 g/mol. The van der Waals surface area contributed by atoms with Gasteiger partial charge in [0.1, 0.15) is 0 Å². The predicted octanol–water partition coefficient (Wildman–Crippen LogP) is 4.08. The molecule has 15 heavy (non-hydrogen) atoms. The van der Waals surface area contributed by atoms with Gasteiger partial charge in [0, 0.05) is 0 Å². The van der Waals surface area contributed by atoms with E-state index >= 15 is 0 Å². The van der Waals surface area contributed by atoms with Crippen LogP contribution in [-0.4, -0.2) is 41.0 Å². The monoisotopic (exact) mass is 274 g/mol. The first-order valence-corrected chi connectivity index (χ1v) is 9.46. The molecule has 0 saturated carbocycles. The zero-order valence-electron chi connectivity index (χ0n) is 9.74. The molecule has 0 bridgehead atoms. The molecule has 0 radical (unpaired) electrons. The van der Waals surface area contributed by atoms with E-state index in [2.05, 4.69) is 62.5 Å². The molecule has 2 aliphatic rings. The third-order valence-electron chi connectivity index (χ3n) is 3.91. The van der Waals surface area contributed by atoms with Crippen LogP contribution in [0.25, 0.3) is 0 Å². The Bertz CT molecular complexity index is 286. The van der Waals surface area contributed by atoms with Crippen LogP contribution < -0.4 is 0 Å². The fraction of sp³-hybridized carbons (Fsp3) is 0.429. The van der Waals surface area contributed by atoms with Gasteiger partial charge in [0.05, 0.1) is 0 Å². The molecule has 0 atom stereocenters. The quantitative estimate of drug-likeness (QED) is 0.677. The van der Waals surface area contributed by atoms with Crippen LogP contribution in [-0.2, 0) is 0 Å². The van der Waals surface area contributed by atoms with Gasteiger partial charge in [-0.25, -0.2) is 0 Å². The summed E-state index contributed by atoms with van der Waals surface area (Å²) in [6, 6.07) is 0. The summed E-state index contributed by atoms with van der Waals surface area (Å²) < 4.78 is 1.02. The van der Waals surface area contributed by atoms with Crippen LogP contribution >= 0.6 is 0 Å². The molecule has 0 saturated heterocycles. The Hall–Kier alpha value is 0.441. The van der Waals surface area contributed by atoms with Crippen LogP contribution in [0.1, 0.15) is 26.7 Å². The molecule has 2 aliphatic carbocycles. The second-order valence-corrected chi connectivity index (χ2v) is 12.1. The van der Waals surface area contributed by atoms with E-state index in [9.17, 15) is 0 Å². The summed E-state index contributed by atoms with van der Waals surface area (Å²) in [6.45, 7) is 4.67. The molecule has 0 unspecified atom stereocenters. The van der Waals surface area contributed by atoms with Gasteiger partial charge in [0.2, 0.25) is 0 Å². The summed E-state index contributed by atoms with van der Waals surface area (Å²) in [4.78, 5) is 0. The van der Waals surface area contributed by atoms with Crippen molar-refractivity contribution in [3.05, 3.63) is 48.6 Å². The minimum atomic E-state index is -0.920. The van der Waals surface area contributed by atoms with E-state index in [1.54, 1.807) is 0 Å². The molecule has 0 fully saturated rings. The molecule has 0 spiro atoms. The first-order chi connectivity index (χ1) is 7.24. The van der Waals surface area contributed by atoms with Crippen molar-refractivity contribution in [2.24, 2.45) is 0 Å². The normalized spacial score (nSPS) is 23.6. The van der Waals surface area contributed by atoms with Crippen molar-refractivity contribution < 1.29 is 0 Å². The van der Waals surface area contributed by atoms with E-state index in [4.69, 9.17) is 0 Å². The zero-order valence-corrected chi connectivity index (χ0v) is 13.2. The van der Waals surface area contributed by atoms with E-state index in [0.29, 0.717) is 0.772 Å². The fourth-order valence-electron chi connectivity index (χ4n) is 2.67. The molecular formula is C14H18Sr. The van der Waals surface area contributed by atoms with Gasteiger partial charge in [0.15, 0.2) is 0 Å². The number of rotatable bonds is 4. The van der Waals surface area contributed by atoms with Crippen LogP contribution in [0.2, 0.25) is 0.772 Å². The summed E-state index contributed by atoms with van der Waals surface area (Å²) in [5.41, 5.74) is 0. The van der Waals surface area contributed by atoms with Gasteiger partial charge in [-0.05, 0) is 0 Å². The van der Waals surface area contributed by atoms with Crippen LogP contribution in [0.15, 0.2) is 48.6 Å². The maximum atomic E-state index is 2.46. The van der Waals surface area contributed by atoms with Crippen LogP contribution in [0.5, 0.6) is 0 Å². The van der Waals surface area contributed by atoms with Gasteiger partial charge >= 0.3 is 117 Å². The van der Waals surface area contributed by atoms with Gasteiger partial charge in [-0.2, -0.15) is 0 Å². The van der Waals surface area contributed by atoms with Crippen molar-refractivity contribution in [3.8, 4) is 0 Å². The van der Waals surface area contributed by atoms with Crippen LogP contribution in [0, 0.1) is 0 Å². The topological polar surface area (TPSA) is 0 Å². The van der Waals surface area contributed by atoms with Gasteiger partial charge in [0.25, 0.3) is 0 Å². The SMILES string of the molecule is CC[C]1([Sr][C]2(CC)C=CC=C2)C=CC=C1. The second kappa shape index (κ2) is 4.75. The number of hydrogen-bond donors (Lipinski definition) is 0. The molecule has 0 aromatic heterocycles. The van der Waals surface area contributed by atoms with Crippen molar-refractivity contribution in [1.82, 2.24) is 0 Å². The first kappa shape index (κ1) is 11.9. The molecule has 0 nitrogen and oxygen atoms in total.